The third kappa shape index (κ3) is 19.8. The predicted molar refractivity (Wildman–Crippen MR) is 365 cm³/mol. The third-order valence-corrected chi connectivity index (χ3v) is 20.9. The molecule has 628 valence electrons. The highest BCUT2D eigenvalue weighted by Crippen LogP contribution is 2.43. The van der Waals surface area contributed by atoms with Gasteiger partial charge in [0.05, 0.1) is 57.9 Å². The monoisotopic (exact) mass is 1580 g/mol. The van der Waals surface area contributed by atoms with Gasteiger partial charge in [-0.1, -0.05) is 12.1 Å². The summed E-state index contributed by atoms with van der Waals surface area (Å²) in [5.41, 5.74) is -0.173. The van der Waals surface area contributed by atoms with Crippen molar-refractivity contribution in [1.29, 1.82) is 0 Å². The van der Waals surface area contributed by atoms with Gasteiger partial charge in [-0.25, -0.2) is 9.59 Å². The molecule has 0 amide bonds. The van der Waals surface area contributed by atoms with Crippen molar-refractivity contribution in [3.8, 4) is 0 Å². The van der Waals surface area contributed by atoms with Crippen molar-refractivity contribution in [2.24, 2.45) is 0 Å². The summed E-state index contributed by atoms with van der Waals surface area (Å²) in [5, 5.41) is 0. The van der Waals surface area contributed by atoms with Gasteiger partial charge in [0.15, 0.2) is 44.0 Å². The van der Waals surface area contributed by atoms with E-state index in [4.69, 9.17) is 171 Å². The third-order valence-electron chi connectivity index (χ3n) is 20.9. The summed E-state index contributed by atoms with van der Waals surface area (Å²) in [6, 6.07) is 5.99. The van der Waals surface area contributed by atoms with Crippen LogP contribution in [0.25, 0.3) is 0 Å². The van der Waals surface area contributed by atoms with E-state index >= 15 is 0 Å². The Labute approximate surface area is 636 Å². The number of rotatable bonds is 30. The summed E-state index contributed by atoms with van der Waals surface area (Å²) in [7, 11) is 30.6. The molecule has 0 radical (unpaired) electrons. The van der Waals surface area contributed by atoms with Crippen LogP contribution >= 0.6 is 0 Å². The maximum Gasteiger partial charge on any atom is 0.339 e. The lowest BCUT2D eigenvalue weighted by Crippen LogP contribution is -2.69. The van der Waals surface area contributed by atoms with E-state index in [1.165, 1.54) is 161 Å². The van der Waals surface area contributed by atoms with E-state index in [1.54, 1.807) is 12.1 Å². The molecule has 0 saturated carbocycles. The van der Waals surface area contributed by atoms with E-state index in [0.717, 1.165) is 0 Å². The summed E-state index contributed by atoms with van der Waals surface area (Å²) >= 11 is 0. The summed E-state index contributed by atoms with van der Waals surface area (Å²) in [6.45, 7) is -1.17. The molecule has 21 saturated heterocycles. The van der Waals surface area contributed by atoms with Crippen molar-refractivity contribution < 1.29 is 180 Å². The van der Waals surface area contributed by atoms with Gasteiger partial charge in [-0.15, -0.1) is 0 Å². The Bertz CT molecular complexity index is 2790. The first-order valence-electron chi connectivity index (χ1n) is 35.8. The van der Waals surface area contributed by atoms with Crippen molar-refractivity contribution >= 4 is 11.9 Å². The first kappa shape index (κ1) is 89.7. The van der Waals surface area contributed by atoms with Crippen LogP contribution in [0.3, 0.4) is 0 Å². The van der Waals surface area contributed by atoms with Crippen LogP contribution in [0.2, 0.25) is 0 Å². The number of carbonyl (C=O) groups is 2. The number of esters is 2. The van der Waals surface area contributed by atoms with Crippen LogP contribution < -0.4 is 0 Å². The molecule has 0 unspecified atom stereocenters. The van der Waals surface area contributed by atoms with Crippen molar-refractivity contribution in [2.75, 3.05) is 196 Å². The van der Waals surface area contributed by atoms with Gasteiger partial charge < -0.3 is 171 Å². The minimum atomic E-state index is -1.46. The fraction of sp³-hybridized carbons (Fsp3) is 0.887. The Hall–Kier alpha value is -3.20. The van der Waals surface area contributed by atoms with Crippen LogP contribution in [0.4, 0.5) is 0 Å². The van der Waals surface area contributed by atoms with E-state index < -0.39 is 233 Å². The van der Waals surface area contributed by atoms with E-state index in [9.17, 15) is 9.59 Å². The smallest absolute Gasteiger partial charge is 0.339 e. The number of methoxy groups -OCH3 is 21. The van der Waals surface area contributed by atoms with Crippen LogP contribution in [-0.4, -0.2) is 422 Å². The van der Waals surface area contributed by atoms with E-state index in [0.29, 0.717) is 0 Å². The number of hydrogen-bond donors (Lipinski definition) is 0. The van der Waals surface area contributed by atoms with Crippen LogP contribution in [0.5, 0.6) is 0 Å². The van der Waals surface area contributed by atoms with Crippen LogP contribution in [0, 0.1) is 0 Å². The summed E-state index contributed by atoms with van der Waals surface area (Å²) in [5.74, 6) is -1.71. The molecular formula is C71H116O38. The molecule has 35 atom stereocenters. The minimum absolute atomic E-state index is 0.0632. The summed E-state index contributed by atoms with van der Waals surface area (Å²) in [4.78, 5) is 27.5. The molecule has 1 aromatic carbocycles. The van der Waals surface area contributed by atoms with Gasteiger partial charge in [0, 0.05) is 142 Å². The fourth-order valence-electron chi connectivity index (χ4n) is 15.9. The van der Waals surface area contributed by atoms with E-state index in [2.05, 4.69) is 0 Å². The average Bonchev–Trinajstić information content (AvgIpc) is 0.786. The average molecular weight is 1580 g/mol. The molecule has 109 heavy (non-hydrogen) atoms. The molecule has 21 fully saturated rings. The Kier molecular flexibility index (Phi) is 35.9. The second-order valence-electron chi connectivity index (χ2n) is 26.7. The van der Waals surface area contributed by atoms with Crippen LogP contribution in [0.1, 0.15) is 20.7 Å². The van der Waals surface area contributed by atoms with Crippen molar-refractivity contribution in [1.82, 2.24) is 0 Å². The zero-order valence-electron chi connectivity index (χ0n) is 66.0. The Morgan fingerprint density at radius 2 is 0.394 bits per heavy atom. The zero-order chi connectivity index (χ0) is 78.8. The largest absolute Gasteiger partial charge is 0.465 e. The lowest BCUT2D eigenvalue weighted by atomic mass is 9.94. The van der Waals surface area contributed by atoms with E-state index in [1.807, 2.05) is 0 Å². The molecule has 0 N–H and O–H groups in total. The van der Waals surface area contributed by atoms with E-state index in [-0.39, 0.29) is 50.8 Å². The molecule has 0 aliphatic carbocycles. The quantitative estimate of drug-likeness (QED) is 0.0877. The van der Waals surface area contributed by atoms with Gasteiger partial charge in [0.1, 0.15) is 178 Å². The number of hydrogen-bond acceptors (Lipinski definition) is 38. The molecule has 38 heteroatoms. The highest BCUT2D eigenvalue weighted by atomic mass is 16.8. The molecule has 22 rings (SSSR count). The molecule has 0 aromatic heterocycles. The van der Waals surface area contributed by atoms with Crippen molar-refractivity contribution in [2.45, 2.75) is 215 Å². The zero-order valence-corrected chi connectivity index (χ0v) is 66.0. The Morgan fingerprint density at radius 1 is 0.229 bits per heavy atom. The van der Waals surface area contributed by atoms with Crippen molar-refractivity contribution in [3.05, 3.63) is 35.4 Å². The van der Waals surface area contributed by atoms with Crippen molar-refractivity contribution in [3.63, 3.8) is 0 Å². The topological polar surface area (TPSA) is 366 Å². The molecule has 0 spiro atoms. The van der Waals surface area contributed by atoms with Gasteiger partial charge in [0.2, 0.25) is 0 Å². The number of benzene rings is 1. The van der Waals surface area contributed by atoms with Gasteiger partial charge in [0.25, 0.3) is 0 Å². The molecule has 38 nitrogen and oxygen atoms in total. The first-order chi connectivity index (χ1) is 53.0. The summed E-state index contributed by atoms with van der Waals surface area (Å²) < 4.78 is 232. The first-order valence-corrected chi connectivity index (χ1v) is 35.8. The second-order valence-corrected chi connectivity index (χ2v) is 26.7. The maximum absolute atomic E-state index is 14.4. The molecule has 21 aliphatic heterocycles. The normalized spacial score (nSPS) is 42.4. The number of ether oxygens (including phenoxy) is 36. The fourth-order valence-corrected chi connectivity index (χ4v) is 15.9. The predicted octanol–water partition coefficient (Wildman–Crippen LogP) is -0.497. The molecule has 21 heterocycles. The number of carbonyl (C=O) groups excluding carboxylic acids is 2. The lowest BCUT2D eigenvalue weighted by Gasteiger charge is -2.52. The van der Waals surface area contributed by atoms with Gasteiger partial charge >= 0.3 is 11.9 Å². The maximum atomic E-state index is 14.4. The second kappa shape index (κ2) is 43.7. The molecular weight excluding hydrogens is 1460 g/mol. The minimum Gasteiger partial charge on any atom is -0.465 e. The molecule has 1 aromatic rings. The standard InChI is InChI=1S/C71H116O38/c1-74-26-35-42-49(80-7)57(88-15)66(97-35)105-44-37(28-76-3)99-68(59(90-17)51(44)82-9)107-46-39(30-78-5)101-70(61(92-19)53(46)84-11)109-48-41(32-95-64(73)34-25-23-22-24-33(34)63(72)94-21)102-71(62(93-20)55(48)86-13)108-47-40(31-79-6)100-69(60(91-18)54(47)85-12)106-45-38(29-77-4)98-67(58(89-16)52(45)83-10)104-43-36(27-75-2)96-65(103-42)56(87-14)50(43)81-8/h22-25,35-62,65-71H,26-32H2,1-21H3/t35-,36-,37-,38-,39-,40-,41-,42-,43-,44-,45-,46-,47-,48-,49+,50+,51+,52+,53+,54+,55+,56-,57-,58-,59+,60-,61+,62-,65-,66-,67-,68-,69-,70-,71-/m1/s1. The van der Waals surface area contributed by atoms with Gasteiger partial charge in [-0.05, 0) is 12.1 Å². The van der Waals surface area contributed by atoms with Gasteiger partial charge in [-0.3, -0.25) is 0 Å². The highest BCUT2D eigenvalue weighted by Gasteiger charge is 2.62. The lowest BCUT2D eigenvalue weighted by molar-refractivity contribution is -0.402. The molecule has 21 aliphatic rings. The van der Waals surface area contributed by atoms with Crippen LogP contribution in [0.15, 0.2) is 24.3 Å². The van der Waals surface area contributed by atoms with Crippen LogP contribution in [-0.2, 0) is 171 Å². The van der Waals surface area contributed by atoms with Gasteiger partial charge in [-0.2, -0.15) is 0 Å². The Balaban J connectivity index is 1.16. The SMILES string of the molecule is COC[C@H]1O[C@@H]2O[C@H]3[C@H](OC)[C@@H](OC)[C@@H](O[C@H]4[C@H](OC)[C@@H](OC)[C@@H](O[C@H]5[C@H](OC)[C@@H](OC)[C@@H](O[C@H]6[C@H](OC)[C@@H](OC)[C@@H](O[C@H]7[C@H](OC)[C@@H](OC)[C@@H](O[C@H]8[C@H](OC)[C@H](OC)[C@@H](O[C@H]1[C@H](OC)[C@@H]2OC)O[C@@H]8COC)O[C@@H]7COC)O[C@@H]6COC)O[C@@H]5COC)O[C@@H]4COC)O[C@@H]3COC(=O)c1ccccc1C(=O)OC. The molecule has 14 bridgehead atoms. The Morgan fingerprint density at radius 3 is 0.550 bits per heavy atom. The highest BCUT2D eigenvalue weighted by molar-refractivity contribution is 6.03. The summed E-state index contributed by atoms with van der Waals surface area (Å²) in [6.07, 6.45) is -39.7.